The van der Waals surface area contributed by atoms with Crippen molar-refractivity contribution in [2.24, 2.45) is 0 Å². The van der Waals surface area contributed by atoms with Gasteiger partial charge in [0.1, 0.15) is 11.6 Å². The minimum absolute atomic E-state index is 0.270. The molecule has 1 aliphatic heterocycles. The van der Waals surface area contributed by atoms with Gasteiger partial charge in [-0.15, -0.1) is 0 Å². The fourth-order valence-corrected chi connectivity index (χ4v) is 4.09. The maximum Gasteiger partial charge on any atom is 0.307 e. The van der Waals surface area contributed by atoms with Crippen LogP contribution in [0.1, 0.15) is 18.9 Å². The summed E-state index contributed by atoms with van der Waals surface area (Å²) >= 11 is 1.04. The normalized spacial score (nSPS) is 19.1. The number of hydrogen-bond donors (Lipinski definition) is 1. The number of thiazole rings is 1. The van der Waals surface area contributed by atoms with Crippen LogP contribution >= 0.6 is 11.3 Å². The van der Waals surface area contributed by atoms with Gasteiger partial charge in [0.15, 0.2) is 10.7 Å². The van der Waals surface area contributed by atoms with Crippen LogP contribution in [0.3, 0.4) is 0 Å². The molecule has 0 spiro atoms. The quantitative estimate of drug-likeness (QED) is 0.735. The number of aliphatic carboxylic acids is 1. The number of benzene rings is 2. The molecule has 1 atom stereocenters. The number of carboxylic acids is 1. The third-order valence-electron chi connectivity index (χ3n) is 4.38. The SMILES string of the molecule is Cc1ccc2c(c1)N(c1nc3cccc(F)c3s1)C(=O)C(C)(CC(=O)O)O2. The number of nitrogens with zero attached hydrogens (tertiary/aromatic N) is 2. The summed E-state index contributed by atoms with van der Waals surface area (Å²) in [5.41, 5.74) is 0.194. The van der Waals surface area contributed by atoms with Crippen LogP contribution < -0.4 is 9.64 Å². The molecule has 1 amide bonds. The van der Waals surface area contributed by atoms with Crippen LogP contribution in [-0.4, -0.2) is 27.6 Å². The number of fused-ring (bicyclic) bond motifs is 2. The van der Waals surface area contributed by atoms with Crippen molar-refractivity contribution in [1.82, 2.24) is 4.98 Å². The van der Waals surface area contributed by atoms with Crippen molar-refractivity contribution in [2.75, 3.05) is 4.90 Å². The van der Waals surface area contributed by atoms with Gasteiger partial charge in [-0.05, 0) is 43.7 Å². The predicted octanol–water partition coefficient (Wildman–Crippen LogP) is 4.03. The summed E-state index contributed by atoms with van der Waals surface area (Å²) in [6, 6.07) is 9.81. The maximum atomic E-state index is 14.1. The number of carbonyl (C=O) groups is 2. The Labute approximate surface area is 157 Å². The molecule has 4 rings (SSSR count). The average Bonchev–Trinajstić information content (AvgIpc) is 3.01. The molecule has 0 saturated carbocycles. The number of carboxylic acid groups (broad SMARTS) is 1. The van der Waals surface area contributed by atoms with Crippen molar-refractivity contribution in [2.45, 2.75) is 25.9 Å². The van der Waals surface area contributed by atoms with Gasteiger partial charge in [0.25, 0.3) is 5.91 Å². The van der Waals surface area contributed by atoms with Crippen molar-refractivity contribution in [3.05, 3.63) is 47.8 Å². The summed E-state index contributed by atoms with van der Waals surface area (Å²) in [6.45, 7) is 3.30. The summed E-state index contributed by atoms with van der Waals surface area (Å²) in [5, 5.41) is 9.51. The zero-order valence-corrected chi connectivity index (χ0v) is 15.3. The van der Waals surface area contributed by atoms with Crippen molar-refractivity contribution in [3.8, 4) is 5.75 Å². The van der Waals surface area contributed by atoms with Gasteiger partial charge in [0.2, 0.25) is 0 Å². The van der Waals surface area contributed by atoms with Crippen LogP contribution in [0.2, 0.25) is 0 Å². The summed E-state index contributed by atoms with van der Waals surface area (Å²) in [6.07, 6.45) is -0.505. The van der Waals surface area contributed by atoms with Gasteiger partial charge in [0, 0.05) is 0 Å². The molecule has 1 aromatic heterocycles. The number of halogens is 1. The van der Waals surface area contributed by atoms with E-state index in [0.29, 0.717) is 21.7 Å². The van der Waals surface area contributed by atoms with Crippen LogP contribution in [-0.2, 0) is 9.59 Å². The number of amides is 1. The van der Waals surface area contributed by atoms with Gasteiger partial charge >= 0.3 is 5.97 Å². The Morgan fingerprint density at radius 1 is 1.37 bits per heavy atom. The summed E-state index contributed by atoms with van der Waals surface area (Å²) in [5.74, 6) is -1.75. The molecule has 1 unspecified atom stereocenters. The molecular formula is C19H15FN2O4S. The molecule has 8 heteroatoms. The highest BCUT2D eigenvalue weighted by molar-refractivity contribution is 7.22. The Hall–Kier alpha value is -3.00. The lowest BCUT2D eigenvalue weighted by molar-refractivity contribution is -0.148. The predicted molar refractivity (Wildman–Crippen MR) is 99.2 cm³/mol. The van der Waals surface area contributed by atoms with E-state index in [2.05, 4.69) is 4.98 Å². The van der Waals surface area contributed by atoms with E-state index in [-0.39, 0.29) is 5.13 Å². The molecule has 6 nitrogen and oxygen atoms in total. The van der Waals surface area contributed by atoms with Gasteiger partial charge in [0.05, 0.1) is 22.3 Å². The molecule has 0 aliphatic carbocycles. The molecule has 27 heavy (non-hydrogen) atoms. The number of carbonyl (C=O) groups excluding carboxylic acids is 1. The molecule has 1 N–H and O–H groups in total. The lowest BCUT2D eigenvalue weighted by Gasteiger charge is -2.39. The number of aryl methyl sites for hydroxylation is 1. The van der Waals surface area contributed by atoms with Crippen LogP contribution in [0.25, 0.3) is 10.2 Å². The third kappa shape index (κ3) is 2.82. The summed E-state index contributed by atoms with van der Waals surface area (Å²) < 4.78 is 20.2. The fourth-order valence-electron chi connectivity index (χ4n) is 3.11. The molecule has 1 aliphatic rings. The Morgan fingerprint density at radius 2 is 2.15 bits per heavy atom. The van der Waals surface area contributed by atoms with E-state index >= 15 is 0 Å². The topological polar surface area (TPSA) is 79.7 Å². The first kappa shape index (κ1) is 17.4. The van der Waals surface area contributed by atoms with Gasteiger partial charge < -0.3 is 9.84 Å². The van der Waals surface area contributed by atoms with Crippen molar-refractivity contribution in [1.29, 1.82) is 0 Å². The van der Waals surface area contributed by atoms with E-state index in [0.717, 1.165) is 16.9 Å². The number of aromatic nitrogens is 1. The molecule has 0 radical (unpaired) electrons. The van der Waals surface area contributed by atoms with Gasteiger partial charge in [-0.2, -0.15) is 0 Å². The smallest absolute Gasteiger partial charge is 0.307 e. The fraction of sp³-hybridized carbons (Fsp3) is 0.211. The van der Waals surface area contributed by atoms with Crippen LogP contribution in [0, 0.1) is 12.7 Å². The first-order valence-corrected chi connectivity index (χ1v) is 9.01. The average molecular weight is 386 g/mol. The summed E-state index contributed by atoms with van der Waals surface area (Å²) in [4.78, 5) is 30.3. The molecule has 3 aromatic rings. The van der Waals surface area contributed by atoms with Gasteiger partial charge in [-0.1, -0.05) is 23.5 Å². The molecule has 138 valence electrons. The first-order chi connectivity index (χ1) is 12.8. The second kappa shape index (κ2) is 6.02. The Morgan fingerprint density at radius 3 is 2.85 bits per heavy atom. The van der Waals surface area contributed by atoms with Crippen molar-refractivity contribution < 1.29 is 23.8 Å². The third-order valence-corrected chi connectivity index (χ3v) is 5.45. The number of rotatable bonds is 3. The Balaban J connectivity index is 1.93. The van der Waals surface area contributed by atoms with E-state index in [4.69, 9.17) is 4.74 Å². The number of anilines is 2. The lowest BCUT2D eigenvalue weighted by Crippen LogP contribution is -2.53. The molecule has 0 bridgehead atoms. The van der Waals surface area contributed by atoms with E-state index < -0.39 is 29.7 Å². The maximum absolute atomic E-state index is 14.1. The molecule has 2 heterocycles. The molecule has 0 fully saturated rings. The van der Waals surface area contributed by atoms with Gasteiger partial charge in [-0.25, -0.2) is 14.3 Å². The largest absolute Gasteiger partial charge is 0.481 e. The monoisotopic (exact) mass is 386 g/mol. The molecular weight excluding hydrogens is 371 g/mol. The van der Waals surface area contributed by atoms with Crippen LogP contribution in [0.4, 0.5) is 15.2 Å². The standard InChI is InChI=1S/C19H15FN2O4S/c1-10-6-7-14-13(8-10)22(17(25)19(2,26-14)9-15(23)24)18-21-12-5-3-4-11(20)16(12)27-18/h3-8H,9H2,1-2H3,(H,23,24). The zero-order valence-electron chi connectivity index (χ0n) is 14.5. The minimum atomic E-state index is -1.59. The Kier molecular flexibility index (Phi) is 3.88. The highest BCUT2D eigenvalue weighted by atomic mass is 32.1. The lowest BCUT2D eigenvalue weighted by atomic mass is 9.97. The highest BCUT2D eigenvalue weighted by Gasteiger charge is 2.47. The van der Waals surface area contributed by atoms with E-state index in [1.54, 1.807) is 24.3 Å². The van der Waals surface area contributed by atoms with E-state index in [9.17, 15) is 19.1 Å². The minimum Gasteiger partial charge on any atom is -0.481 e. The van der Waals surface area contributed by atoms with E-state index in [1.165, 1.54) is 17.9 Å². The molecule has 0 saturated heterocycles. The summed E-state index contributed by atoms with van der Waals surface area (Å²) in [7, 11) is 0. The van der Waals surface area contributed by atoms with Crippen molar-refractivity contribution in [3.63, 3.8) is 0 Å². The second-order valence-corrected chi connectivity index (χ2v) is 7.58. The Bertz CT molecular complexity index is 1100. The number of ether oxygens (including phenoxy) is 1. The van der Waals surface area contributed by atoms with Gasteiger partial charge in [-0.3, -0.25) is 9.59 Å². The number of hydrogen-bond acceptors (Lipinski definition) is 5. The van der Waals surface area contributed by atoms with E-state index in [1.807, 2.05) is 13.0 Å². The second-order valence-electron chi connectivity index (χ2n) is 6.60. The molecule has 2 aromatic carbocycles. The first-order valence-electron chi connectivity index (χ1n) is 8.19. The highest BCUT2D eigenvalue weighted by Crippen LogP contribution is 2.45. The van der Waals surface area contributed by atoms with Crippen molar-refractivity contribution >= 4 is 44.2 Å². The van der Waals surface area contributed by atoms with Crippen LogP contribution in [0.15, 0.2) is 36.4 Å². The zero-order chi connectivity index (χ0) is 19.3. The van der Waals surface area contributed by atoms with Crippen LogP contribution in [0.5, 0.6) is 5.75 Å².